The van der Waals surface area contributed by atoms with Gasteiger partial charge in [0.05, 0.1) is 24.9 Å². The van der Waals surface area contributed by atoms with Gasteiger partial charge in [0, 0.05) is 11.6 Å². The molecular formula is C18H15NO3. The normalized spacial score (nSPS) is 15.0. The third-order valence-electron chi connectivity index (χ3n) is 3.61. The summed E-state index contributed by atoms with van der Waals surface area (Å²) in [4.78, 5) is 25.9. The molecule has 0 fully saturated rings. The van der Waals surface area contributed by atoms with Crippen LogP contribution in [0.2, 0.25) is 0 Å². The molecule has 0 saturated carbocycles. The Kier molecular flexibility index (Phi) is 3.74. The van der Waals surface area contributed by atoms with E-state index in [1.807, 2.05) is 54.6 Å². The van der Waals surface area contributed by atoms with Gasteiger partial charge in [0.1, 0.15) is 0 Å². The summed E-state index contributed by atoms with van der Waals surface area (Å²) in [5.74, 6) is -0.713. The van der Waals surface area contributed by atoms with Crippen LogP contribution in [0.1, 0.15) is 11.1 Å². The molecule has 1 heterocycles. The lowest BCUT2D eigenvalue weighted by molar-refractivity contribution is -0.135. The van der Waals surface area contributed by atoms with Gasteiger partial charge in [0.15, 0.2) is 0 Å². The van der Waals surface area contributed by atoms with Crippen molar-refractivity contribution < 1.29 is 14.3 Å². The van der Waals surface area contributed by atoms with Gasteiger partial charge >= 0.3 is 5.97 Å². The quantitative estimate of drug-likeness (QED) is 0.646. The molecule has 0 radical (unpaired) electrons. The Bertz CT molecular complexity index is 750. The number of ether oxygens (including phenoxy) is 1. The minimum Gasteiger partial charge on any atom is -0.466 e. The fraction of sp³-hybridized carbons (Fsp3) is 0.111. The topological polar surface area (TPSA) is 46.6 Å². The van der Waals surface area contributed by atoms with Crippen molar-refractivity contribution in [3.05, 3.63) is 71.8 Å². The molecule has 0 aliphatic carbocycles. The molecule has 1 aliphatic rings. The van der Waals surface area contributed by atoms with Crippen molar-refractivity contribution in [1.29, 1.82) is 0 Å². The fourth-order valence-corrected chi connectivity index (χ4v) is 2.55. The minimum absolute atomic E-state index is 0.185. The predicted molar refractivity (Wildman–Crippen MR) is 84.1 cm³/mol. The average molecular weight is 293 g/mol. The Balaban J connectivity index is 2.01. The fourth-order valence-electron chi connectivity index (χ4n) is 2.55. The number of benzene rings is 2. The van der Waals surface area contributed by atoms with E-state index < -0.39 is 5.97 Å². The van der Waals surface area contributed by atoms with E-state index in [1.165, 1.54) is 13.2 Å². The summed E-state index contributed by atoms with van der Waals surface area (Å²) in [6.45, 7) is 0.467. The number of hydrogen-bond donors (Lipinski definition) is 0. The maximum Gasteiger partial charge on any atom is 0.331 e. The first kappa shape index (κ1) is 14.1. The number of nitrogens with zero attached hydrogens (tertiary/aromatic N) is 1. The molecule has 0 unspecified atom stereocenters. The van der Waals surface area contributed by atoms with Gasteiger partial charge in [0.25, 0.3) is 5.91 Å². The van der Waals surface area contributed by atoms with E-state index in [0.717, 1.165) is 16.8 Å². The number of rotatable bonds is 3. The number of hydrogen-bond acceptors (Lipinski definition) is 3. The largest absolute Gasteiger partial charge is 0.466 e. The van der Waals surface area contributed by atoms with E-state index in [0.29, 0.717) is 12.1 Å². The molecule has 3 rings (SSSR count). The van der Waals surface area contributed by atoms with Crippen LogP contribution >= 0.6 is 0 Å². The second-order valence-corrected chi connectivity index (χ2v) is 4.98. The van der Waals surface area contributed by atoms with Gasteiger partial charge in [-0.3, -0.25) is 4.79 Å². The molecule has 0 saturated heterocycles. The molecular weight excluding hydrogens is 278 g/mol. The SMILES string of the molecule is COC(=O)/C=C1\C(=O)N(Cc2ccccc2)c2ccccc21. The highest BCUT2D eigenvalue weighted by molar-refractivity contribution is 6.34. The van der Waals surface area contributed by atoms with E-state index in [-0.39, 0.29) is 5.91 Å². The summed E-state index contributed by atoms with van der Waals surface area (Å²) in [6.07, 6.45) is 1.26. The maximum atomic E-state index is 12.7. The molecule has 1 amide bonds. The molecule has 110 valence electrons. The van der Waals surface area contributed by atoms with Gasteiger partial charge in [-0.15, -0.1) is 0 Å². The summed E-state index contributed by atoms with van der Waals surface area (Å²) in [5.41, 5.74) is 2.98. The van der Waals surface area contributed by atoms with Crippen LogP contribution in [0.15, 0.2) is 60.7 Å². The monoisotopic (exact) mass is 293 g/mol. The van der Waals surface area contributed by atoms with Crippen LogP contribution < -0.4 is 4.90 Å². The van der Waals surface area contributed by atoms with Crippen molar-refractivity contribution in [3.63, 3.8) is 0 Å². The van der Waals surface area contributed by atoms with Crippen molar-refractivity contribution in [2.45, 2.75) is 6.54 Å². The Morgan fingerprint density at radius 2 is 1.77 bits per heavy atom. The molecule has 0 N–H and O–H groups in total. The van der Waals surface area contributed by atoms with E-state index in [1.54, 1.807) is 4.90 Å². The molecule has 1 aliphatic heterocycles. The Morgan fingerprint density at radius 3 is 2.50 bits per heavy atom. The molecule has 0 spiro atoms. The third kappa shape index (κ3) is 2.51. The van der Waals surface area contributed by atoms with Crippen LogP contribution in [-0.4, -0.2) is 19.0 Å². The van der Waals surface area contributed by atoms with E-state index in [2.05, 4.69) is 4.74 Å². The van der Waals surface area contributed by atoms with Gasteiger partial charge in [-0.05, 0) is 11.6 Å². The number of amides is 1. The zero-order valence-corrected chi connectivity index (χ0v) is 12.2. The first-order chi connectivity index (χ1) is 10.7. The van der Waals surface area contributed by atoms with Crippen molar-refractivity contribution in [1.82, 2.24) is 0 Å². The molecule has 2 aromatic rings. The highest BCUT2D eigenvalue weighted by Gasteiger charge is 2.32. The number of methoxy groups -OCH3 is 1. The van der Waals surface area contributed by atoms with Crippen LogP contribution in [0, 0.1) is 0 Å². The van der Waals surface area contributed by atoms with Gasteiger partial charge in [-0.25, -0.2) is 4.79 Å². The van der Waals surface area contributed by atoms with Gasteiger partial charge in [0.2, 0.25) is 0 Å². The average Bonchev–Trinajstić information content (AvgIpc) is 2.82. The molecule has 4 heteroatoms. The van der Waals surface area contributed by atoms with Crippen LogP contribution in [0.3, 0.4) is 0 Å². The number of para-hydroxylation sites is 1. The van der Waals surface area contributed by atoms with Gasteiger partial charge in [-0.1, -0.05) is 48.5 Å². The second kappa shape index (κ2) is 5.85. The molecule has 22 heavy (non-hydrogen) atoms. The summed E-state index contributed by atoms with van der Waals surface area (Å²) < 4.78 is 4.64. The highest BCUT2D eigenvalue weighted by Crippen LogP contribution is 2.37. The third-order valence-corrected chi connectivity index (χ3v) is 3.61. The van der Waals surface area contributed by atoms with E-state index in [4.69, 9.17) is 0 Å². The van der Waals surface area contributed by atoms with Crippen molar-refractivity contribution in [3.8, 4) is 0 Å². The molecule has 0 bridgehead atoms. The van der Waals surface area contributed by atoms with Crippen LogP contribution in [0.5, 0.6) is 0 Å². The second-order valence-electron chi connectivity index (χ2n) is 4.98. The number of carbonyl (C=O) groups is 2. The van der Waals surface area contributed by atoms with Crippen molar-refractivity contribution >= 4 is 23.1 Å². The number of anilines is 1. The predicted octanol–water partition coefficient (Wildman–Crippen LogP) is 2.79. The molecule has 4 nitrogen and oxygen atoms in total. The first-order valence-electron chi connectivity index (χ1n) is 6.95. The number of carbonyl (C=O) groups excluding carboxylic acids is 2. The number of esters is 1. The van der Waals surface area contributed by atoms with Crippen LogP contribution in [0.25, 0.3) is 5.57 Å². The lowest BCUT2D eigenvalue weighted by Gasteiger charge is -2.17. The Morgan fingerprint density at radius 1 is 1.09 bits per heavy atom. The molecule has 0 aromatic heterocycles. The zero-order chi connectivity index (χ0) is 15.5. The van der Waals surface area contributed by atoms with E-state index >= 15 is 0 Å². The Labute approximate surface area is 128 Å². The van der Waals surface area contributed by atoms with Crippen molar-refractivity contribution in [2.24, 2.45) is 0 Å². The lowest BCUT2D eigenvalue weighted by atomic mass is 10.1. The molecule has 2 aromatic carbocycles. The summed E-state index contributed by atoms with van der Waals surface area (Å²) in [7, 11) is 1.30. The lowest BCUT2D eigenvalue weighted by Crippen LogP contribution is -2.25. The smallest absolute Gasteiger partial charge is 0.331 e. The standard InChI is InChI=1S/C18H15NO3/c1-22-17(20)11-15-14-9-5-6-10-16(14)19(18(15)21)12-13-7-3-2-4-8-13/h2-11H,12H2,1H3/b15-11-. The van der Waals surface area contributed by atoms with Crippen LogP contribution in [0.4, 0.5) is 5.69 Å². The van der Waals surface area contributed by atoms with Gasteiger partial charge in [-0.2, -0.15) is 0 Å². The Hall–Kier alpha value is -2.88. The van der Waals surface area contributed by atoms with Crippen molar-refractivity contribution in [2.75, 3.05) is 12.0 Å². The zero-order valence-electron chi connectivity index (χ0n) is 12.2. The molecule has 0 atom stereocenters. The summed E-state index contributed by atoms with van der Waals surface area (Å²) in [6, 6.07) is 17.2. The summed E-state index contributed by atoms with van der Waals surface area (Å²) >= 11 is 0. The minimum atomic E-state index is -0.528. The maximum absolute atomic E-state index is 12.7. The van der Waals surface area contributed by atoms with Crippen LogP contribution in [-0.2, 0) is 20.9 Å². The van der Waals surface area contributed by atoms with E-state index in [9.17, 15) is 9.59 Å². The first-order valence-corrected chi connectivity index (χ1v) is 6.95. The van der Waals surface area contributed by atoms with Gasteiger partial charge < -0.3 is 9.64 Å². The summed E-state index contributed by atoms with van der Waals surface area (Å²) in [5, 5.41) is 0. The highest BCUT2D eigenvalue weighted by atomic mass is 16.5. The number of fused-ring (bicyclic) bond motifs is 1.